The molecule has 0 spiro atoms. The van der Waals surface area contributed by atoms with Crippen molar-refractivity contribution in [1.82, 2.24) is 15.1 Å². The van der Waals surface area contributed by atoms with Crippen molar-refractivity contribution in [3.63, 3.8) is 0 Å². The van der Waals surface area contributed by atoms with E-state index >= 15 is 0 Å². The lowest BCUT2D eigenvalue weighted by Gasteiger charge is -2.35. The number of benzene rings is 1. The van der Waals surface area contributed by atoms with Crippen molar-refractivity contribution in [2.75, 3.05) is 39.8 Å². The van der Waals surface area contributed by atoms with E-state index in [9.17, 15) is 4.79 Å². The molecule has 1 saturated heterocycles. The molecule has 4 nitrogen and oxygen atoms in total. The Hall–Kier alpha value is -1.65. The predicted molar refractivity (Wildman–Crippen MR) is 97.7 cm³/mol. The Balaban J connectivity index is 1.61. The average molecular weight is 327 g/mol. The van der Waals surface area contributed by atoms with Gasteiger partial charge in [-0.05, 0) is 31.4 Å². The number of likely N-dealkylation sites (N-methyl/N-ethyl adjacent to an activating group) is 1. The molecule has 1 aromatic carbocycles. The smallest absolute Gasteiger partial charge is 0.221 e. The number of nitrogens with one attached hydrogen (secondary N) is 1. The van der Waals surface area contributed by atoms with Crippen molar-refractivity contribution < 1.29 is 4.79 Å². The molecule has 0 aromatic heterocycles. The van der Waals surface area contributed by atoms with Gasteiger partial charge < -0.3 is 10.2 Å². The van der Waals surface area contributed by atoms with Crippen LogP contribution in [0.15, 0.2) is 42.5 Å². The minimum Gasteiger partial charge on any atom is -0.348 e. The van der Waals surface area contributed by atoms with E-state index in [4.69, 9.17) is 0 Å². The topological polar surface area (TPSA) is 35.6 Å². The number of nitrogens with zero attached hydrogens (tertiary/aromatic N) is 2. The van der Waals surface area contributed by atoms with Crippen molar-refractivity contribution in [2.45, 2.75) is 25.3 Å². The molecule has 2 aliphatic rings. The molecule has 1 heterocycles. The van der Waals surface area contributed by atoms with Gasteiger partial charge in [0.15, 0.2) is 0 Å². The van der Waals surface area contributed by atoms with Gasteiger partial charge in [-0.15, -0.1) is 0 Å². The first-order valence-corrected chi connectivity index (χ1v) is 9.12. The Morgan fingerprint density at radius 3 is 2.62 bits per heavy atom. The van der Waals surface area contributed by atoms with Gasteiger partial charge >= 0.3 is 0 Å². The van der Waals surface area contributed by atoms with Crippen LogP contribution in [0.1, 0.15) is 30.9 Å². The van der Waals surface area contributed by atoms with Crippen LogP contribution < -0.4 is 5.32 Å². The molecule has 1 aliphatic carbocycles. The molecule has 0 unspecified atom stereocenters. The molecule has 24 heavy (non-hydrogen) atoms. The molecule has 130 valence electrons. The van der Waals surface area contributed by atoms with Crippen LogP contribution in [0.4, 0.5) is 0 Å². The number of amides is 1. The first-order chi connectivity index (χ1) is 11.7. The van der Waals surface area contributed by atoms with Gasteiger partial charge in [-0.2, -0.15) is 0 Å². The SMILES string of the molecule is CN1CCN(C[C@H](NC(=O)C[C@H]2C=CCC2)c2ccccc2)CC1. The Kier molecular flexibility index (Phi) is 6.05. The van der Waals surface area contributed by atoms with E-state index in [2.05, 4.69) is 58.6 Å². The first-order valence-electron chi connectivity index (χ1n) is 9.12. The summed E-state index contributed by atoms with van der Waals surface area (Å²) in [7, 11) is 2.17. The average Bonchev–Trinajstić information content (AvgIpc) is 3.10. The third kappa shape index (κ3) is 4.92. The highest BCUT2D eigenvalue weighted by Gasteiger charge is 2.22. The summed E-state index contributed by atoms with van der Waals surface area (Å²) in [6.07, 6.45) is 7.22. The van der Waals surface area contributed by atoms with E-state index < -0.39 is 0 Å². The maximum Gasteiger partial charge on any atom is 0.221 e. The first kappa shape index (κ1) is 17.2. The lowest BCUT2D eigenvalue weighted by Crippen LogP contribution is -2.47. The monoisotopic (exact) mass is 327 g/mol. The van der Waals surface area contributed by atoms with E-state index in [1.807, 2.05) is 6.07 Å². The summed E-state index contributed by atoms with van der Waals surface area (Å²) in [5.74, 6) is 0.597. The zero-order valence-electron chi connectivity index (χ0n) is 14.7. The third-order valence-corrected chi connectivity index (χ3v) is 5.13. The van der Waals surface area contributed by atoms with Crippen molar-refractivity contribution in [2.24, 2.45) is 5.92 Å². The van der Waals surface area contributed by atoms with Gasteiger partial charge in [-0.3, -0.25) is 9.69 Å². The van der Waals surface area contributed by atoms with Crippen molar-refractivity contribution in [3.8, 4) is 0 Å². The number of carbonyl (C=O) groups is 1. The molecule has 1 fully saturated rings. The van der Waals surface area contributed by atoms with Gasteiger partial charge in [0.2, 0.25) is 5.91 Å². The summed E-state index contributed by atoms with van der Waals surface area (Å²) in [6, 6.07) is 10.5. The highest BCUT2D eigenvalue weighted by molar-refractivity contribution is 5.77. The number of hydrogen-bond donors (Lipinski definition) is 1. The van der Waals surface area contributed by atoms with Gasteiger partial charge in [-0.25, -0.2) is 0 Å². The standard InChI is InChI=1S/C20H29N3O/c1-22-11-13-23(14-12-22)16-19(18-9-3-2-4-10-18)21-20(24)15-17-7-5-6-8-17/h2-5,7,9-10,17,19H,6,8,11-16H2,1H3,(H,21,24)/t17-,19-/m0/s1. The van der Waals surface area contributed by atoms with Gasteiger partial charge in [0.05, 0.1) is 6.04 Å². The second-order valence-electron chi connectivity index (χ2n) is 7.10. The number of piperazine rings is 1. The Labute approximate surface area is 145 Å². The molecule has 0 saturated carbocycles. The molecule has 1 aromatic rings. The maximum absolute atomic E-state index is 12.5. The lowest BCUT2D eigenvalue weighted by atomic mass is 10.0. The van der Waals surface area contributed by atoms with Crippen LogP contribution >= 0.6 is 0 Å². The molecular weight excluding hydrogens is 298 g/mol. The van der Waals surface area contributed by atoms with E-state index in [-0.39, 0.29) is 11.9 Å². The van der Waals surface area contributed by atoms with Crippen LogP contribution in [-0.2, 0) is 4.79 Å². The Morgan fingerprint density at radius 2 is 1.96 bits per heavy atom. The van der Waals surface area contributed by atoms with Crippen LogP contribution in [0.25, 0.3) is 0 Å². The molecule has 1 aliphatic heterocycles. The Morgan fingerprint density at radius 1 is 1.21 bits per heavy atom. The van der Waals surface area contributed by atoms with Gasteiger partial charge in [0, 0.05) is 39.1 Å². The van der Waals surface area contributed by atoms with Crippen molar-refractivity contribution in [3.05, 3.63) is 48.0 Å². The van der Waals surface area contributed by atoms with Crippen molar-refractivity contribution in [1.29, 1.82) is 0 Å². The molecule has 3 rings (SSSR count). The van der Waals surface area contributed by atoms with Gasteiger partial charge in [0.1, 0.15) is 0 Å². The van der Waals surface area contributed by atoms with Crippen LogP contribution in [0.2, 0.25) is 0 Å². The van der Waals surface area contributed by atoms with Gasteiger partial charge in [0.25, 0.3) is 0 Å². The number of allylic oxidation sites excluding steroid dienone is 2. The largest absolute Gasteiger partial charge is 0.348 e. The molecule has 1 N–H and O–H groups in total. The summed E-state index contributed by atoms with van der Waals surface area (Å²) >= 11 is 0. The minimum atomic E-state index is 0.0764. The lowest BCUT2D eigenvalue weighted by molar-refractivity contribution is -0.122. The van der Waals surface area contributed by atoms with E-state index in [0.29, 0.717) is 12.3 Å². The molecule has 1 amide bonds. The number of carbonyl (C=O) groups excluding carboxylic acids is 1. The van der Waals surface area contributed by atoms with E-state index in [0.717, 1.165) is 45.6 Å². The highest BCUT2D eigenvalue weighted by atomic mass is 16.1. The molecule has 2 atom stereocenters. The fraction of sp³-hybridized carbons (Fsp3) is 0.550. The second kappa shape index (κ2) is 8.45. The van der Waals surface area contributed by atoms with Crippen LogP contribution in [0.5, 0.6) is 0 Å². The van der Waals surface area contributed by atoms with Gasteiger partial charge in [-0.1, -0.05) is 42.5 Å². The van der Waals surface area contributed by atoms with Crippen LogP contribution in [0, 0.1) is 5.92 Å². The molecule has 4 heteroatoms. The molecule has 0 bridgehead atoms. The fourth-order valence-corrected chi connectivity index (χ4v) is 3.57. The zero-order chi connectivity index (χ0) is 16.8. The number of hydrogen-bond acceptors (Lipinski definition) is 3. The van der Waals surface area contributed by atoms with E-state index in [1.165, 1.54) is 5.56 Å². The van der Waals surface area contributed by atoms with Crippen molar-refractivity contribution >= 4 is 5.91 Å². The Bertz CT molecular complexity index is 549. The van der Waals surface area contributed by atoms with Crippen LogP contribution in [0.3, 0.4) is 0 Å². The quantitative estimate of drug-likeness (QED) is 0.815. The summed E-state index contributed by atoms with van der Waals surface area (Å²) in [6.45, 7) is 5.23. The third-order valence-electron chi connectivity index (χ3n) is 5.13. The normalized spacial score (nSPS) is 23.3. The summed E-state index contributed by atoms with van der Waals surface area (Å²) < 4.78 is 0. The summed E-state index contributed by atoms with van der Waals surface area (Å²) in [4.78, 5) is 17.3. The number of rotatable bonds is 6. The van der Waals surface area contributed by atoms with E-state index in [1.54, 1.807) is 0 Å². The second-order valence-corrected chi connectivity index (χ2v) is 7.10. The zero-order valence-corrected chi connectivity index (χ0v) is 14.7. The molecular formula is C20H29N3O. The summed E-state index contributed by atoms with van der Waals surface area (Å²) in [5, 5.41) is 3.29. The fourth-order valence-electron chi connectivity index (χ4n) is 3.57. The minimum absolute atomic E-state index is 0.0764. The van der Waals surface area contributed by atoms with Crippen LogP contribution in [-0.4, -0.2) is 55.5 Å². The highest BCUT2D eigenvalue weighted by Crippen LogP contribution is 2.21. The maximum atomic E-state index is 12.5. The summed E-state index contributed by atoms with van der Waals surface area (Å²) in [5.41, 5.74) is 1.20. The predicted octanol–water partition coefficient (Wildman–Crippen LogP) is 2.45. The molecule has 0 radical (unpaired) electrons.